The predicted molar refractivity (Wildman–Crippen MR) is 72.5 cm³/mol. The van der Waals surface area contributed by atoms with Gasteiger partial charge in [-0.25, -0.2) is 0 Å². The highest BCUT2D eigenvalue weighted by Crippen LogP contribution is 2.39. The van der Waals surface area contributed by atoms with Crippen LogP contribution < -0.4 is 10.6 Å². The van der Waals surface area contributed by atoms with Crippen molar-refractivity contribution in [1.29, 1.82) is 0 Å². The average Bonchev–Trinajstić information content (AvgIpc) is 3.04. The zero-order valence-corrected chi connectivity index (χ0v) is 10.8. The summed E-state index contributed by atoms with van der Waals surface area (Å²) in [6.07, 6.45) is 2.86. The summed E-state index contributed by atoms with van der Waals surface area (Å²) >= 11 is 0. The molecule has 0 radical (unpaired) electrons. The first-order valence-corrected chi connectivity index (χ1v) is 6.78. The molecule has 102 valence electrons. The molecular formula is C14H14N4O2. The molecule has 1 atom stereocenters. The molecule has 2 N–H and O–H groups in total. The molecule has 2 aromatic rings. The van der Waals surface area contributed by atoms with E-state index in [4.69, 9.17) is 4.42 Å². The number of aromatic nitrogens is 2. The Labute approximate surface area is 115 Å². The summed E-state index contributed by atoms with van der Waals surface area (Å²) in [5, 5.41) is 13.7. The summed E-state index contributed by atoms with van der Waals surface area (Å²) in [5.41, 5.74) is 2.16. The monoisotopic (exact) mass is 270 g/mol. The van der Waals surface area contributed by atoms with E-state index in [9.17, 15) is 4.79 Å². The third-order valence-electron chi connectivity index (χ3n) is 3.68. The van der Waals surface area contributed by atoms with Crippen molar-refractivity contribution in [3.8, 4) is 0 Å². The number of benzene rings is 1. The number of para-hydroxylation sites is 1. The van der Waals surface area contributed by atoms with E-state index >= 15 is 0 Å². The van der Waals surface area contributed by atoms with Crippen molar-refractivity contribution in [2.75, 3.05) is 10.6 Å². The van der Waals surface area contributed by atoms with E-state index in [0.29, 0.717) is 18.2 Å². The van der Waals surface area contributed by atoms with Crippen LogP contribution in [0.2, 0.25) is 0 Å². The summed E-state index contributed by atoms with van der Waals surface area (Å²) < 4.78 is 5.43. The molecule has 4 rings (SSSR count). The summed E-state index contributed by atoms with van der Waals surface area (Å²) in [5.74, 6) is 0.872. The molecule has 6 nitrogen and oxygen atoms in total. The zero-order valence-electron chi connectivity index (χ0n) is 10.8. The molecule has 1 amide bonds. The quantitative estimate of drug-likeness (QED) is 0.890. The highest BCUT2D eigenvalue weighted by atomic mass is 16.4. The van der Waals surface area contributed by atoms with Crippen molar-refractivity contribution in [3.63, 3.8) is 0 Å². The van der Waals surface area contributed by atoms with Crippen molar-refractivity contribution < 1.29 is 9.21 Å². The Balaban J connectivity index is 1.43. The number of anilines is 2. The second-order valence-corrected chi connectivity index (χ2v) is 5.27. The number of hydrogen-bond donors (Lipinski definition) is 2. The maximum absolute atomic E-state index is 12.2. The molecule has 1 saturated carbocycles. The molecule has 1 aromatic heterocycles. The highest BCUT2D eigenvalue weighted by molar-refractivity contribution is 5.96. The lowest BCUT2D eigenvalue weighted by Crippen LogP contribution is -2.32. The van der Waals surface area contributed by atoms with Crippen LogP contribution in [0.5, 0.6) is 0 Å². The Morgan fingerprint density at radius 3 is 2.95 bits per heavy atom. The molecule has 1 aliphatic heterocycles. The van der Waals surface area contributed by atoms with E-state index in [1.807, 2.05) is 24.3 Å². The van der Waals surface area contributed by atoms with Gasteiger partial charge in [-0.1, -0.05) is 23.3 Å². The first kappa shape index (κ1) is 11.5. The van der Waals surface area contributed by atoms with Gasteiger partial charge in [0.15, 0.2) is 0 Å². The molecule has 0 saturated heterocycles. The summed E-state index contributed by atoms with van der Waals surface area (Å²) in [7, 11) is 0. The van der Waals surface area contributed by atoms with Gasteiger partial charge in [-0.15, -0.1) is 5.10 Å². The molecule has 1 aromatic carbocycles. The van der Waals surface area contributed by atoms with Crippen molar-refractivity contribution in [2.24, 2.45) is 0 Å². The number of nitrogens with one attached hydrogen (secondary N) is 2. The fourth-order valence-corrected chi connectivity index (χ4v) is 2.43. The van der Waals surface area contributed by atoms with Crippen LogP contribution in [0.4, 0.5) is 11.7 Å². The van der Waals surface area contributed by atoms with Gasteiger partial charge >= 0.3 is 6.01 Å². The second kappa shape index (κ2) is 4.33. The number of carbonyl (C=O) groups excluding carboxylic acids is 1. The summed E-state index contributed by atoms with van der Waals surface area (Å²) in [6, 6.07) is 7.82. The standard InChI is InChI=1S/C14H14N4O2/c19-12(11-7-9-3-1-2-4-10(9)15-11)16-14-18-17-13(20-14)8-5-6-8/h1-4,8,11,15H,5-7H2,(H,16,18,19). The lowest BCUT2D eigenvalue weighted by Gasteiger charge is -2.09. The van der Waals surface area contributed by atoms with E-state index in [0.717, 1.165) is 24.1 Å². The third-order valence-corrected chi connectivity index (χ3v) is 3.68. The van der Waals surface area contributed by atoms with Gasteiger partial charge in [-0.3, -0.25) is 10.1 Å². The molecule has 2 aliphatic rings. The van der Waals surface area contributed by atoms with Gasteiger partial charge in [0.2, 0.25) is 5.89 Å². The molecular weight excluding hydrogens is 256 g/mol. The molecule has 2 heterocycles. The lowest BCUT2D eigenvalue weighted by atomic mass is 10.1. The molecule has 1 fully saturated rings. The smallest absolute Gasteiger partial charge is 0.322 e. The van der Waals surface area contributed by atoms with Crippen LogP contribution in [0.3, 0.4) is 0 Å². The van der Waals surface area contributed by atoms with Crippen LogP contribution in [-0.4, -0.2) is 22.1 Å². The van der Waals surface area contributed by atoms with E-state index in [1.54, 1.807) is 0 Å². The number of carbonyl (C=O) groups is 1. The van der Waals surface area contributed by atoms with E-state index in [1.165, 1.54) is 0 Å². The molecule has 0 spiro atoms. The van der Waals surface area contributed by atoms with Crippen molar-refractivity contribution in [1.82, 2.24) is 10.2 Å². The Kier molecular flexibility index (Phi) is 2.48. The molecule has 20 heavy (non-hydrogen) atoms. The first-order chi connectivity index (χ1) is 9.79. The summed E-state index contributed by atoms with van der Waals surface area (Å²) in [4.78, 5) is 12.2. The van der Waals surface area contributed by atoms with E-state index in [2.05, 4.69) is 20.8 Å². The minimum atomic E-state index is -0.288. The van der Waals surface area contributed by atoms with Gasteiger partial charge in [0.1, 0.15) is 6.04 Å². The van der Waals surface area contributed by atoms with Gasteiger partial charge in [0, 0.05) is 18.0 Å². The van der Waals surface area contributed by atoms with Crippen LogP contribution in [0, 0.1) is 0 Å². The SMILES string of the molecule is O=C(Nc1nnc(C2CC2)o1)C1Cc2ccccc2N1. The van der Waals surface area contributed by atoms with E-state index in [-0.39, 0.29) is 18.0 Å². The van der Waals surface area contributed by atoms with Crippen molar-refractivity contribution >= 4 is 17.6 Å². The maximum atomic E-state index is 12.2. The average molecular weight is 270 g/mol. The van der Waals surface area contributed by atoms with Crippen LogP contribution >= 0.6 is 0 Å². The second-order valence-electron chi connectivity index (χ2n) is 5.27. The molecule has 6 heteroatoms. The Bertz CT molecular complexity index is 638. The minimum Gasteiger partial charge on any atom is -0.408 e. The fraction of sp³-hybridized carbons (Fsp3) is 0.357. The fourth-order valence-electron chi connectivity index (χ4n) is 2.43. The van der Waals surface area contributed by atoms with Gasteiger partial charge < -0.3 is 9.73 Å². The van der Waals surface area contributed by atoms with Crippen molar-refractivity contribution in [3.05, 3.63) is 35.7 Å². The Morgan fingerprint density at radius 1 is 1.30 bits per heavy atom. The zero-order chi connectivity index (χ0) is 13.5. The van der Waals surface area contributed by atoms with Gasteiger partial charge in [-0.05, 0) is 24.5 Å². The largest absolute Gasteiger partial charge is 0.408 e. The molecule has 1 unspecified atom stereocenters. The van der Waals surface area contributed by atoms with Crippen LogP contribution in [-0.2, 0) is 11.2 Å². The molecule has 0 bridgehead atoms. The number of nitrogens with zero attached hydrogens (tertiary/aromatic N) is 2. The van der Waals surface area contributed by atoms with Crippen LogP contribution in [0.1, 0.15) is 30.2 Å². The first-order valence-electron chi connectivity index (χ1n) is 6.78. The maximum Gasteiger partial charge on any atom is 0.322 e. The normalized spacial score (nSPS) is 20.3. The molecule has 1 aliphatic carbocycles. The number of hydrogen-bond acceptors (Lipinski definition) is 5. The van der Waals surface area contributed by atoms with E-state index < -0.39 is 0 Å². The topological polar surface area (TPSA) is 80.1 Å². The highest BCUT2D eigenvalue weighted by Gasteiger charge is 2.31. The van der Waals surface area contributed by atoms with Crippen LogP contribution in [0.25, 0.3) is 0 Å². The number of rotatable bonds is 3. The predicted octanol–water partition coefficient (Wildman–Crippen LogP) is 1.92. The number of fused-ring (bicyclic) bond motifs is 1. The van der Waals surface area contributed by atoms with Gasteiger partial charge in [0.25, 0.3) is 5.91 Å². The van der Waals surface area contributed by atoms with Gasteiger partial charge in [-0.2, -0.15) is 0 Å². The van der Waals surface area contributed by atoms with Gasteiger partial charge in [0.05, 0.1) is 0 Å². The number of amides is 1. The Morgan fingerprint density at radius 2 is 2.15 bits per heavy atom. The third kappa shape index (κ3) is 2.03. The Hall–Kier alpha value is -2.37. The van der Waals surface area contributed by atoms with Crippen molar-refractivity contribution in [2.45, 2.75) is 31.2 Å². The lowest BCUT2D eigenvalue weighted by molar-refractivity contribution is -0.116. The van der Waals surface area contributed by atoms with Crippen LogP contribution in [0.15, 0.2) is 28.7 Å². The summed E-state index contributed by atoms with van der Waals surface area (Å²) in [6.45, 7) is 0. The minimum absolute atomic E-state index is 0.146.